The summed E-state index contributed by atoms with van der Waals surface area (Å²) in [5.74, 6) is 0.331. The number of halogens is 2. The van der Waals surface area contributed by atoms with Gasteiger partial charge in [0.15, 0.2) is 0 Å². The lowest BCUT2D eigenvalue weighted by atomic mass is 10.1. The molecule has 0 spiro atoms. The maximum Gasteiger partial charge on any atom is 0.298 e. The fourth-order valence-corrected chi connectivity index (χ4v) is 4.56. The Kier molecular flexibility index (Phi) is 6.51. The standard InChI is InChI=1S/C24H17BrClNO3S/c1-15-5-7-16(8-6-15)14-30-21-10-9-17(11-20(21)25)12-22-23(28)27(24(29)31-22)19-4-2-3-18(26)13-19/h2-13H,14H2,1H3/b22-12+. The molecule has 31 heavy (non-hydrogen) atoms. The van der Waals surface area contributed by atoms with E-state index in [2.05, 4.69) is 15.9 Å². The van der Waals surface area contributed by atoms with Crippen LogP contribution in [-0.2, 0) is 11.4 Å². The van der Waals surface area contributed by atoms with Crippen LogP contribution >= 0.6 is 39.3 Å². The predicted octanol–water partition coefficient (Wildman–Crippen LogP) is 7.23. The zero-order valence-electron chi connectivity index (χ0n) is 16.5. The normalized spacial score (nSPS) is 15.1. The van der Waals surface area contributed by atoms with E-state index in [0.29, 0.717) is 28.0 Å². The largest absolute Gasteiger partial charge is 0.488 e. The highest BCUT2D eigenvalue weighted by molar-refractivity contribution is 9.10. The second-order valence-corrected chi connectivity index (χ2v) is 9.25. The lowest BCUT2D eigenvalue weighted by Gasteiger charge is -2.12. The summed E-state index contributed by atoms with van der Waals surface area (Å²) in [5.41, 5.74) is 3.52. The quantitative estimate of drug-likeness (QED) is 0.337. The van der Waals surface area contributed by atoms with Crippen LogP contribution in [0.1, 0.15) is 16.7 Å². The third-order valence-corrected chi connectivity index (χ3v) is 6.35. The van der Waals surface area contributed by atoms with Crippen molar-refractivity contribution in [3.63, 3.8) is 0 Å². The Labute approximate surface area is 198 Å². The summed E-state index contributed by atoms with van der Waals surface area (Å²) in [5, 5.41) is 0.112. The van der Waals surface area contributed by atoms with Crippen molar-refractivity contribution in [1.29, 1.82) is 0 Å². The van der Waals surface area contributed by atoms with Crippen LogP contribution in [0, 0.1) is 6.92 Å². The van der Waals surface area contributed by atoms with E-state index in [0.717, 1.165) is 32.3 Å². The molecule has 3 aromatic rings. The summed E-state index contributed by atoms with van der Waals surface area (Å²) in [6.45, 7) is 2.50. The molecule has 0 radical (unpaired) electrons. The highest BCUT2D eigenvalue weighted by atomic mass is 79.9. The van der Waals surface area contributed by atoms with E-state index < -0.39 is 0 Å². The van der Waals surface area contributed by atoms with Gasteiger partial charge >= 0.3 is 0 Å². The Bertz CT molecular complexity index is 1190. The summed E-state index contributed by atoms with van der Waals surface area (Å²) in [4.78, 5) is 26.7. The fraction of sp³-hybridized carbons (Fsp3) is 0.0833. The minimum absolute atomic E-state index is 0.351. The Hall–Kier alpha value is -2.54. The molecule has 0 atom stereocenters. The van der Waals surface area contributed by atoms with Gasteiger partial charge in [0.05, 0.1) is 15.1 Å². The number of ether oxygens (including phenoxy) is 1. The van der Waals surface area contributed by atoms with Crippen molar-refractivity contribution in [1.82, 2.24) is 0 Å². The summed E-state index contributed by atoms with van der Waals surface area (Å²) in [7, 11) is 0. The van der Waals surface area contributed by atoms with Crippen molar-refractivity contribution in [2.24, 2.45) is 0 Å². The van der Waals surface area contributed by atoms with Gasteiger partial charge in [0.1, 0.15) is 12.4 Å². The van der Waals surface area contributed by atoms with Crippen molar-refractivity contribution >= 4 is 62.2 Å². The average molecular weight is 515 g/mol. The van der Waals surface area contributed by atoms with Crippen LogP contribution in [0.3, 0.4) is 0 Å². The van der Waals surface area contributed by atoms with Crippen molar-refractivity contribution in [2.45, 2.75) is 13.5 Å². The molecule has 0 aliphatic carbocycles. The topological polar surface area (TPSA) is 46.6 Å². The predicted molar refractivity (Wildman–Crippen MR) is 130 cm³/mol. The van der Waals surface area contributed by atoms with E-state index >= 15 is 0 Å². The molecule has 1 aliphatic heterocycles. The summed E-state index contributed by atoms with van der Waals surface area (Å²) in [6, 6.07) is 20.4. The molecule has 3 aromatic carbocycles. The van der Waals surface area contributed by atoms with E-state index in [1.54, 1.807) is 30.3 Å². The van der Waals surface area contributed by atoms with E-state index in [4.69, 9.17) is 16.3 Å². The minimum atomic E-state index is -0.368. The molecule has 0 bridgehead atoms. The minimum Gasteiger partial charge on any atom is -0.488 e. The smallest absolute Gasteiger partial charge is 0.298 e. The number of thioether (sulfide) groups is 1. The number of benzene rings is 3. The molecule has 1 heterocycles. The van der Waals surface area contributed by atoms with E-state index in [9.17, 15) is 9.59 Å². The van der Waals surface area contributed by atoms with Gasteiger partial charge in [-0.25, -0.2) is 4.90 Å². The molecule has 4 rings (SSSR count). The lowest BCUT2D eigenvalue weighted by Crippen LogP contribution is -2.27. The first kappa shape index (κ1) is 21.7. The first-order chi connectivity index (χ1) is 14.9. The molecule has 0 saturated carbocycles. The molecule has 2 amide bonds. The Morgan fingerprint density at radius 2 is 1.84 bits per heavy atom. The summed E-state index contributed by atoms with van der Waals surface area (Å²) in [6.07, 6.45) is 1.70. The van der Waals surface area contributed by atoms with Crippen LogP contribution in [-0.4, -0.2) is 11.1 Å². The molecule has 0 aromatic heterocycles. The molecule has 156 valence electrons. The van der Waals surface area contributed by atoms with Gasteiger partial charge in [-0.3, -0.25) is 9.59 Å². The van der Waals surface area contributed by atoms with E-state index in [-0.39, 0.29) is 11.1 Å². The maximum atomic E-state index is 12.8. The first-order valence-corrected chi connectivity index (χ1v) is 11.4. The Balaban J connectivity index is 1.49. The number of carbonyl (C=O) groups is 2. The van der Waals surface area contributed by atoms with Crippen LogP contribution in [0.15, 0.2) is 76.1 Å². The summed E-state index contributed by atoms with van der Waals surface area (Å²) < 4.78 is 6.66. The van der Waals surface area contributed by atoms with Crippen LogP contribution in [0.5, 0.6) is 5.75 Å². The number of nitrogens with zero attached hydrogens (tertiary/aromatic N) is 1. The third-order valence-electron chi connectivity index (χ3n) is 4.63. The van der Waals surface area contributed by atoms with E-state index in [1.165, 1.54) is 5.56 Å². The SMILES string of the molecule is Cc1ccc(COc2ccc(/C=C3/SC(=O)N(c4cccc(Cl)c4)C3=O)cc2Br)cc1. The van der Waals surface area contributed by atoms with Crippen molar-refractivity contribution < 1.29 is 14.3 Å². The summed E-state index contributed by atoms with van der Waals surface area (Å²) >= 11 is 10.4. The van der Waals surface area contributed by atoms with Gasteiger partial charge in [0, 0.05) is 5.02 Å². The molecule has 1 saturated heterocycles. The fourth-order valence-electron chi connectivity index (χ4n) is 3.03. The molecule has 7 heteroatoms. The van der Waals surface area contributed by atoms with Crippen molar-refractivity contribution in [3.05, 3.63) is 97.8 Å². The second-order valence-electron chi connectivity index (χ2n) is 6.96. The van der Waals surface area contributed by atoms with Crippen LogP contribution < -0.4 is 9.64 Å². The van der Waals surface area contributed by atoms with Crippen LogP contribution in [0.4, 0.5) is 10.5 Å². The number of hydrogen-bond acceptors (Lipinski definition) is 4. The zero-order chi connectivity index (χ0) is 22.0. The number of carbonyl (C=O) groups excluding carboxylic acids is 2. The number of imide groups is 1. The zero-order valence-corrected chi connectivity index (χ0v) is 19.6. The van der Waals surface area contributed by atoms with Crippen molar-refractivity contribution in [3.8, 4) is 5.75 Å². The number of rotatable bonds is 5. The van der Waals surface area contributed by atoms with Gasteiger partial charge in [-0.1, -0.05) is 53.6 Å². The third kappa shape index (κ3) is 5.03. The number of anilines is 1. The molecule has 4 nitrogen and oxygen atoms in total. The highest BCUT2D eigenvalue weighted by Crippen LogP contribution is 2.37. The van der Waals surface area contributed by atoms with E-state index in [1.807, 2.05) is 49.4 Å². The van der Waals surface area contributed by atoms with Crippen LogP contribution in [0.25, 0.3) is 6.08 Å². The van der Waals surface area contributed by atoms with Gasteiger partial charge in [0.25, 0.3) is 11.1 Å². The number of aryl methyl sites for hydroxylation is 1. The Morgan fingerprint density at radius 3 is 2.55 bits per heavy atom. The molecule has 1 fully saturated rings. The van der Waals surface area contributed by atoms with Gasteiger partial charge in [-0.2, -0.15) is 0 Å². The molecule has 0 N–H and O–H groups in total. The maximum absolute atomic E-state index is 12.8. The molecule has 1 aliphatic rings. The van der Waals surface area contributed by atoms with Gasteiger partial charge in [-0.15, -0.1) is 0 Å². The van der Waals surface area contributed by atoms with Gasteiger partial charge < -0.3 is 4.74 Å². The van der Waals surface area contributed by atoms with Gasteiger partial charge in [0.2, 0.25) is 0 Å². The van der Waals surface area contributed by atoms with Gasteiger partial charge in [-0.05, 0) is 82.2 Å². The monoisotopic (exact) mass is 513 g/mol. The van der Waals surface area contributed by atoms with Crippen LogP contribution in [0.2, 0.25) is 5.02 Å². The molecular formula is C24H17BrClNO3S. The lowest BCUT2D eigenvalue weighted by molar-refractivity contribution is -0.113. The first-order valence-electron chi connectivity index (χ1n) is 9.42. The second kappa shape index (κ2) is 9.30. The highest BCUT2D eigenvalue weighted by Gasteiger charge is 2.36. The molecule has 0 unspecified atom stereocenters. The number of hydrogen-bond donors (Lipinski definition) is 0. The number of amides is 2. The Morgan fingerprint density at radius 1 is 1.06 bits per heavy atom. The van der Waals surface area contributed by atoms with Crippen molar-refractivity contribution in [2.75, 3.05) is 4.90 Å². The average Bonchev–Trinajstić information content (AvgIpc) is 3.01. The molecular weight excluding hydrogens is 498 g/mol.